The Balaban J connectivity index is 0.000000757. The second kappa shape index (κ2) is 14.9. The number of aromatic nitrogens is 1. The summed E-state index contributed by atoms with van der Waals surface area (Å²) in [5, 5.41) is 20.6. The van der Waals surface area contributed by atoms with E-state index in [1.54, 1.807) is 32.9 Å². The summed E-state index contributed by atoms with van der Waals surface area (Å²) in [7, 11) is 1.36. The molecule has 38 heavy (non-hydrogen) atoms. The van der Waals surface area contributed by atoms with E-state index in [0.717, 1.165) is 12.0 Å². The van der Waals surface area contributed by atoms with Gasteiger partial charge in [-0.05, 0) is 49.8 Å². The normalized spacial score (nSPS) is 19.9. The Morgan fingerprint density at radius 2 is 1.89 bits per heavy atom. The number of aliphatic carboxylic acids is 1. The van der Waals surface area contributed by atoms with E-state index in [4.69, 9.17) is 19.3 Å². The van der Waals surface area contributed by atoms with Crippen molar-refractivity contribution in [2.75, 3.05) is 20.3 Å². The zero-order chi connectivity index (χ0) is 28.2. The maximum atomic E-state index is 13.2. The molecule has 1 aliphatic heterocycles. The number of carbonyl (C=O) groups excluding carboxylic acids is 2. The van der Waals surface area contributed by atoms with E-state index in [0.29, 0.717) is 19.4 Å². The highest BCUT2D eigenvalue weighted by atomic mass is 19.1. The summed E-state index contributed by atoms with van der Waals surface area (Å²) in [5.41, 5.74) is 0.740. The highest BCUT2D eigenvalue weighted by Gasteiger charge is 2.29. The predicted octanol–water partition coefficient (Wildman–Crippen LogP) is 3.36. The monoisotopic (exact) mass is 534 g/mol. The van der Waals surface area contributed by atoms with E-state index in [-0.39, 0.29) is 41.8 Å². The van der Waals surface area contributed by atoms with Gasteiger partial charge in [0.25, 0.3) is 5.91 Å². The number of carboxylic acid groups (broad SMARTS) is 1. The molecule has 0 radical (unpaired) electrons. The number of hydrogen-bond donors (Lipinski definition) is 3. The lowest BCUT2D eigenvalue weighted by Gasteiger charge is -2.26. The van der Waals surface area contributed by atoms with Crippen molar-refractivity contribution in [3.8, 4) is 11.5 Å². The van der Waals surface area contributed by atoms with Crippen LogP contribution in [0.1, 0.15) is 49.7 Å². The van der Waals surface area contributed by atoms with Gasteiger partial charge in [-0.3, -0.25) is 9.59 Å². The molecule has 3 atom stereocenters. The van der Waals surface area contributed by atoms with Gasteiger partial charge >= 0.3 is 11.9 Å². The fourth-order valence-electron chi connectivity index (χ4n) is 3.67. The highest BCUT2D eigenvalue weighted by Crippen LogP contribution is 2.27. The molecule has 2 unspecified atom stereocenters. The number of carbonyl (C=O) groups is 3. The Morgan fingerprint density at radius 1 is 1.24 bits per heavy atom. The summed E-state index contributed by atoms with van der Waals surface area (Å²) < 4.78 is 29.3. The molecule has 2 aromatic rings. The fraction of sp³-hybridized carbons (Fsp3) is 0.481. The number of hydrogen-bond acceptors (Lipinski definition) is 8. The van der Waals surface area contributed by atoms with Crippen LogP contribution < -0.4 is 10.1 Å². The number of methoxy groups -OCH3 is 1. The third-order valence-electron chi connectivity index (χ3n) is 5.78. The fourth-order valence-corrected chi connectivity index (χ4v) is 3.67. The van der Waals surface area contributed by atoms with Crippen LogP contribution in [0, 0.1) is 17.7 Å². The summed E-state index contributed by atoms with van der Waals surface area (Å²) in [4.78, 5) is 38.8. The van der Waals surface area contributed by atoms with Gasteiger partial charge in [-0.25, -0.2) is 14.2 Å². The van der Waals surface area contributed by atoms with Crippen molar-refractivity contribution in [2.45, 2.75) is 52.2 Å². The van der Waals surface area contributed by atoms with Gasteiger partial charge in [0.05, 0.1) is 25.7 Å². The molecule has 10 nitrogen and oxygen atoms in total. The number of ether oxygens (including phenoxy) is 3. The van der Waals surface area contributed by atoms with Gasteiger partial charge in [0, 0.05) is 18.9 Å². The smallest absolute Gasteiger partial charge is 0.331 e. The number of carboxylic acids is 1. The van der Waals surface area contributed by atoms with E-state index in [1.807, 2.05) is 0 Å². The minimum Gasteiger partial charge on any atom is -0.503 e. The van der Waals surface area contributed by atoms with E-state index < -0.39 is 29.6 Å². The van der Waals surface area contributed by atoms with Crippen LogP contribution in [0.3, 0.4) is 0 Å². The maximum Gasteiger partial charge on any atom is 0.331 e. The second-order valence-electron chi connectivity index (χ2n) is 9.27. The van der Waals surface area contributed by atoms with Crippen LogP contribution >= 0.6 is 0 Å². The molecule has 11 heteroatoms. The van der Waals surface area contributed by atoms with Crippen LogP contribution in [0.25, 0.3) is 0 Å². The van der Waals surface area contributed by atoms with Gasteiger partial charge in [-0.2, -0.15) is 0 Å². The molecule has 1 amide bonds. The van der Waals surface area contributed by atoms with Crippen LogP contribution in [-0.4, -0.2) is 65.5 Å². The van der Waals surface area contributed by atoms with Crippen molar-refractivity contribution < 1.29 is 43.2 Å². The third kappa shape index (κ3) is 9.62. The van der Waals surface area contributed by atoms with E-state index in [1.165, 1.54) is 31.5 Å². The summed E-state index contributed by atoms with van der Waals surface area (Å²) in [6.45, 7) is 5.39. The van der Waals surface area contributed by atoms with Crippen molar-refractivity contribution in [3.05, 3.63) is 53.6 Å². The summed E-state index contributed by atoms with van der Waals surface area (Å²) in [6.07, 6.45) is 2.98. The SMILES string of the molecule is CC(C)C(=O)O.COc1ccnc(C(=O)N[C@H]2COCCC(Cc3ccc(F)cc3)CC(C)OC2=O)c1O. The lowest BCUT2D eigenvalue weighted by Crippen LogP contribution is -2.46. The minimum atomic E-state index is -1.05. The largest absolute Gasteiger partial charge is 0.503 e. The third-order valence-corrected chi connectivity index (χ3v) is 5.78. The molecule has 1 aromatic carbocycles. The molecular weight excluding hydrogens is 499 g/mol. The van der Waals surface area contributed by atoms with Crippen LogP contribution in [0.5, 0.6) is 11.5 Å². The van der Waals surface area contributed by atoms with Crippen molar-refractivity contribution in [2.24, 2.45) is 11.8 Å². The first-order valence-electron chi connectivity index (χ1n) is 12.3. The Hall–Kier alpha value is -3.73. The lowest BCUT2D eigenvalue weighted by atomic mass is 9.91. The molecule has 1 aromatic heterocycles. The first-order valence-corrected chi connectivity index (χ1v) is 12.3. The molecule has 1 fully saturated rings. The van der Waals surface area contributed by atoms with Gasteiger partial charge in [-0.1, -0.05) is 26.0 Å². The van der Waals surface area contributed by atoms with Gasteiger partial charge < -0.3 is 29.7 Å². The van der Waals surface area contributed by atoms with Crippen molar-refractivity contribution in [3.63, 3.8) is 0 Å². The van der Waals surface area contributed by atoms with E-state index in [2.05, 4.69) is 10.3 Å². The number of esters is 1. The Morgan fingerprint density at radius 3 is 2.50 bits per heavy atom. The average molecular weight is 535 g/mol. The number of halogens is 1. The number of pyridine rings is 1. The summed E-state index contributed by atoms with van der Waals surface area (Å²) in [6, 6.07) is 6.72. The molecule has 3 N–H and O–H groups in total. The van der Waals surface area contributed by atoms with Crippen molar-refractivity contribution in [1.82, 2.24) is 10.3 Å². The van der Waals surface area contributed by atoms with Gasteiger partial charge in [-0.15, -0.1) is 0 Å². The molecule has 0 bridgehead atoms. The Kier molecular flexibility index (Phi) is 11.9. The highest BCUT2D eigenvalue weighted by molar-refractivity contribution is 5.98. The Bertz CT molecular complexity index is 1080. The predicted molar refractivity (Wildman–Crippen MR) is 135 cm³/mol. The average Bonchev–Trinajstić information content (AvgIpc) is 2.86. The number of benzene rings is 1. The van der Waals surface area contributed by atoms with Crippen LogP contribution in [0.2, 0.25) is 0 Å². The quantitative estimate of drug-likeness (QED) is 0.475. The second-order valence-corrected chi connectivity index (χ2v) is 9.27. The zero-order valence-corrected chi connectivity index (χ0v) is 22.0. The van der Waals surface area contributed by atoms with Gasteiger partial charge in [0.2, 0.25) is 0 Å². The molecule has 3 rings (SSSR count). The number of nitrogens with one attached hydrogen (secondary N) is 1. The number of rotatable bonds is 6. The first-order chi connectivity index (χ1) is 18.0. The number of nitrogens with zero attached hydrogens (tertiary/aromatic N) is 1. The summed E-state index contributed by atoms with van der Waals surface area (Å²) in [5.74, 6) is -2.76. The van der Waals surface area contributed by atoms with Crippen molar-refractivity contribution >= 4 is 17.8 Å². The van der Waals surface area contributed by atoms with E-state index >= 15 is 0 Å². The molecule has 1 aliphatic rings. The molecule has 1 saturated heterocycles. The Labute approximate surface area is 221 Å². The lowest BCUT2D eigenvalue weighted by molar-refractivity contribution is -0.154. The van der Waals surface area contributed by atoms with Crippen molar-refractivity contribution in [1.29, 1.82) is 0 Å². The number of amides is 1. The first kappa shape index (κ1) is 30.5. The number of cyclic esters (lactones) is 1. The number of aromatic hydroxyl groups is 1. The molecule has 0 spiro atoms. The summed E-state index contributed by atoms with van der Waals surface area (Å²) >= 11 is 0. The van der Waals surface area contributed by atoms with Crippen LogP contribution in [0.4, 0.5) is 4.39 Å². The molecule has 2 heterocycles. The molecule has 0 saturated carbocycles. The van der Waals surface area contributed by atoms with Gasteiger partial charge in [0.1, 0.15) is 5.82 Å². The zero-order valence-electron chi connectivity index (χ0n) is 22.0. The molecule has 0 aliphatic carbocycles. The standard InChI is InChI=1S/C23H27FN2O6.C4H8O2/c1-14-11-16(12-15-3-5-17(24)6-4-15)8-10-31-13-18(23(29)32-14)26-22(28)20-21(27)19(30-2)7-9-25-20;1-3(2)4(5)6/h3-7,9,14,16,18,27H,8,10-13H2,1-2H3,(H,26,28);3H,1-2H3,(H,5,6)/t14?,16?,18-;/m0./s1. The topological polar surface area (TPSA) is 144 Å². The van der Waals surface area contributed by atoms with Gasteiger partial charge in [0.15, 0.2) is 23.2 Å². The van der Waals surface area contributed by atoms with E-state index in [9.17, 15) is 23.9 Å². The van der Waals surface area contributed by atoms with Crippen LogP contribution in [-0.2, 0) is 25.5 Å². The molecular formula is C27H35FN2O8. The minimum absolute atomic E-state index is 0.0781. The molecule has 208 valence electrons. The maximum absolute atomic E-state index is 13.2. The van der Waals surface area contributed by atoms with Crippen LogP contribution in [0.15, 0.2) is 36.5 Å².